The number of ether oxygens (including phenoxy) is 1. The minimum Gasteiger partial charge on any atom is -0.497 e. The Morgan fingerprint density at radius 1 is 1.38 bits per heavy atom. The predicted octanol–water partition coefficient (Wildman–Crippen LogP) is 2.32. The van der Waals surface area contributed by atoms with Gasteiger partial charge in [0.05, 0.1) is 12.7 Å². The third-order valence-corrected chi connectivity index (χ3v) is 3.27. The first kappa shape index (κ1) is 15.0. The van der Waals surface area contributed by atoms with Crippen molar-refractivity contribution < 1.29 is 13.5 Å². The highest BCUT2D eigenvalue weighted by Gasteiger charge is 2.21. The molecule has 1 heterocycles. The zero-order valence-corrected chi connectivity index (χ0v) is 11.8. The highest BCUT2D eigenvalue weighted by atomic mass is 32.2. The van der Waals surface area contributed by atoms with Crippen molar-refractivity contribution in [3.63, 3.8) is 0 Å². The highest BCUT2D eigenvalue weighted by Crippen LogP contribution is 2.30. The normalized spacial score (nSPS) is 10.2. The SMILES string of the molecule is COc1cc(F)c(-c2nc(SC)[nH]c(=O)c2C#N)c(F)c1. The van der Waals surface area contributed by atoms with E-state index in [1.165, 1.54) is 7.11 Å². The van der Waals surface area contributed by atoms with E-state index in [1.54, 1.807) is 12.3 Å². The molecule has 0 saturated heterocycles. The van der Waals surface area contributed by atoms with Gasteiger partial charge in [-0.25, -0.2) is 13.8 Å². The molecule has 108 valence electrons. The van der Waals surface area contributed by atoms with Gasteiger partial charge in [-0.2, -0.15) is 5.26 Å². The van der Waals surface area contributed by atoms with E-state index in [9.17, 15) is 13.6 Å². The fraction of sp³-hybridized carbons (Fsp3) is 0.154. The molecule has 2 rings (SSSR count). The summed E-state index contributed by atoms with van der Waals surface area (Å²) in [5.74, 6) is -1.94. The number of rotatable bonds is 3. The zero-order chi connectivity index (χ0) is 15.6. The predicted molar refractivity (Wildman–Crippen MR) is 73.3 cm³/mol. The van der Waals surface area contributed by atoms with Crippen molar-refractivity contribution >= 4 is 11.8 Å². The van der Waals surface area contributed by atoms with Gasteiger partial charge in [-0.1, -0.05) is 11.8 Å². The molecular formula is C13H9F2N3O2S. The molecule has 0 aliphatic rings. The minimum atomic E-state index is -0.964. The van der Waals surface area contributed by atoms with Gasteiger partial charge in [-0.3, -0.25) is 4.79 Å². The number of halogens is 2. The van der Waals surface area contributed by atoms with Crippen LogP contribution in [0.4, 0.5) is 8.78 Å². The Morgan fingerprint density at radius 3 is 2.48 bits per heavy atom. The topological polar surface area (TPSA) is 78.8 Å². The van der Waals surface area contributed by atoms with Gasteiger partial charge in [0.2, 0.25) is 0 Å². The van der Waals surface area contributed by atoms with E-state index >= 15 is 0 Å². The molecule has 1 N–H and O–H groups in total. The number of nitriles is 1. The van der Waals surface area contributed by atoms with E-state index in [-0.39, 0.29) is 16.6 Å². The second-order valence-corrected chi connectivity index (χ2v) is 4.67. The molecular weight excluding hydrogens is 300 g/mol. The zero-order valence-electron chi connectivity index (χ0n) is 11.0. The van der Waals surface area contributed by atoms with Gasteiger partial charge < -0.3 is 9.72 Å². The summed E-state index contributed by atoms with van der Waals surface area (Å²) in [5.41, 5.74) is -2.06. The molecule has 21 heavy (non-hydrogen) atoms. The molecule has 1 aromatic carbocycles. The van der Waals surface area contributed by atoms with Crippen LogP contribution in [-0.2, 0) is 0 Å². The fourth-order valence-corrected chi connectivity index (χ4v) is 2.11. The molecule has 0 spiro atoms. The smallest absolute Gasteiger partial charge is 0.270 e. The Kier molecular flexibility index (Phi) is 4.23. The van der Waals surface area contributed by atoms with Crippen molar-refractivity contribution in [3.8, 4) is 23.1 Å². The number of aromatic nitrogens is 2. The summed E-state index contributed by atoms with van der Waals surface area (Å²) in [4.78, 5) is 18.1. The van der Waals surface area contributed by atoms with Crippen molar-refractivity contribution in [1.29, 1.82) is 5.26 Å². The van der Waals surface area contributed by atoms with Crippen molar-refractivity contribution in [2.75, 3.05) is 13.4 Å². The number of hydrogen-bond acceptors (Lipinski definition) is 5. The molecule has 0 radical (unpaired) electrons. The van der Waals surface area contributed by atoms with E-state index in [1.807, 2.05) is 0 Å². The van der Waals surface area contributed by atoms with Crippen molar-refractivity contribution in [3.05, 3.63) is 39.7 Å². The lowest BCUT2D eigenvalue weighted by molar-refractivity contribution is 0.407. The first-order valence-electron chi connectivity index (χ1n) is 5.63. The first-order valence-corrected chi connectivity index (χ1v) is 6.86. The third-order valence-electron chi connectivity index (χ3n) is 2.69. The fourth-order valence-electron chi connectivity index (χ4n) is 1.73. The highest BCUT2D eigenvalue weighted by molar-refractivity contribution is 7.98. The lowest BCUT2D eigenvalue weighted by Gasteiger charge is -2.09. The van der Waals surface area contributed by atoms with Gasteiger partial charge in [-0.15, -0.1) is 0 Å². The molecule has 0 saturated carbocycles. The van der Waals surface area contributed by atoms with Crippen molar-refractivity contribution in [2.24, 2.45) is 0 Å². The molecule has 8 heteroatoms. The van der Waals surface area contributed by atoms with E-state index in [2.05, 4.69) is 9.97 Å². The maximum Gasteiger partial charge on any atom is 0.270 e. The van der Waals surface area contributed by atoms with Crippen molar-refractivity contribution in [1.82, 2.24) is 9.97 Å². The van der Waals surface area contributed by atoms with Gasteiger partial charge in [0.25, 0.3) is 5.56 Å². The van der Waals surface area contributed by atoms with Crippen LogP contribution in [0.25, 0.3) is 11.3 Å². The van der Waals surface area contributed by atoms with Crippen LogP contribution in [0.5, 0.6) is 5.75 Å². The van der Waals surface area contributed by atoms with Crippen LogP contribution in [-0.4, -0.2) is 23.3 Å². The summed E-state index contributed by atoms with van der Waals surface area (Å²) in [5, 5.41) is 9.18. The molecule has 0 fully saturated rings. The van der Waals surface area contributed by atoms with Gasteiger partial charge in [-0.05, 0) is 6.26 Å². The average molecular weight is 309 g/mol. The number of H-pyrrole nitrogens is 1. The minimum absolute atomic E-state index is 0.0119. The molecule has 0 amide bonds. The molecule has 1 aromatic heterocycles. The molecule has 0 aliphatic heterocycles. The Morgan fingerprint density at radius 2 is 2.00 bits per heavy atom. The Bertz CT molecular complexity index is 776. The van der Waals surface area contributed by atoms with Gasteiger partial charge in [0.1, 0.15) is 34.7 Å². The number of benzene rings is 1. The van der Waals surface area contributed by atoms with E-state index in [0.717, 1.165) is 23.9 Å². The number of methoxy groups -OCH3 is 1. The van der Waals surface area contributed by atoms with Crippen LogP contribution in [0.1, 0.15) is 5.56 Å². The number of aromatic amines is 1. The van der Waals surface area contributed by atoms with E-state index in [4.69, 9.17) is 10.00 Å². The summed E-state index contributed by atoms with van der Waals surface area (Å²) in [6, 6.07) is 3.54. The van der Waals surface area contributed by atoms with Crippen LogP contribution in [0.2, 0.25) is 0 Å². The molecule has 0 atom stereocenters. The number of nitrogens with one attached hydrogen (secondary N) is 1. The van der Waals surface area contributed by atoms with Crippen LogP contribution in [0.15, 0.2) is 22.1 Å². The average Bonchev–Trinajstić information content (AvgIpc) is 2.45. The van der Waals surface area contributed by atoms with Crippen molar-refractivity contribution in [2.45, 2.75) is 5.16 Å². The molecule has 0 aliphatic carbocycles. The number of thioether (sulfide) groups is 1. The largest absolute Gasteiger partial charge is 0.497 e. The monoisotopic (exact) mass is 309 g/mol. The molecule has 0 unspecified atom stereocenters. The summed E-state index contributed by atoms with van der Waals surface area (Å²) < 4.78 is 32.9. The van der Waals surface area contributed by atoms with E-state index in [0.29, 0.717) is 0 Å². The second-order valence-electron chi connectivity index (χ2n) is 3.88. The standard InChI is InChI=1S/C13H9F2N3O2S/c1-20-6-3-8(14)10(9(15)4-6)11-7(5-16)12(19)18-13(17-11)21-2/h3-4H,1-2H3,(H,17,18,19). The maximum atomic E-state index is 14.1. The lowest BCUT2D eigenvalue weighted by Crippen LogP contribution is -2.15. The third kappa shape index (κ3) is 2.73. The van der Waals surface area contributed by atoms with Crippen LogP contribution >= 0.6 is 11.8 Å². The summed E-state index contributed by atoms with van der Waals surface area (Å²) >= 11 is 1.08. The Balaban J connectivity index is 2.81. The molecule has 2 aromatic rings. The lowest BCUT2D eigenvalue weighted by atomic mass is 10.1. The summed E-state index contributed by atoms with van der Waals surface area (Å²) in [7, 11) is 1.27. The number of hydrogen-bond donors (Lipinski definition) is 1. The van der Waals surface area contributed by atoms with Crippen LogP contribution in [0, 0.1) is 23.0 Å². The van der Waals surface area contributed by atoms with Gasteiger partial charge in [0.15, 0.2) is 5.16 Å². The maximum absolute atomic E-state index is 14.1. The second kappa shape index (κ2) is 5.93. The summed E-state index contributed by atoms with van der Waals surface area (Å²) in [6.07, 6.45) is 1.63. The Hall–Kier alpha value is -2.40. The van der Waals surface area contributed by atoms with Gasteiger partial charge >= 0.3 is 0 Å². The van der Waals surface area contributed by atoms with Crippen LogP contribution in [0.3, 0.4) is 0 Å². The van der Waals surface area contributed by atoms with Gasteiger partial charge in [0, 0.05) is 12.1 Å². The first-order chi connectivity index (χ1) is 10.0. The molecule has 0 bridgehead atoms. The Labute approximate surface area is 122 Å². The van der Waals surface area contributed by atoms with Crippen LogP contribution < -0.4 is 10.3 Å². The number of nitrogens with zero attached hydrogens (tertiary/aromatic N) is 2. The van der Waals surface area contributed by atoms with E-state index < -0.39 is 28.3 Å². The summed E-state index contributed by atoms with van der Waals surface area (Å²) in [6.45, 7) is 0. The molecule has 5 nitrogen and oxygen atoms in total. The quantitative estimate of drug-likeness (QED) is 0.695.